The molecule has 0 aliphatic carbocycles. The molecule has 2 aromatic rings. The maximum Gasteiger partial charge on any atom is 0.165 e. The highest BCUT2D eigenvalue weighted by atomic mass is 35.5. The predicted molar refractivity (Wildman–Crippen MR) is 72.8 cm³/mol. The second-order valence-corrected chi connectivity index (χ2v) is 3.82. The first-order valence-corrected chi connectivity index (χ1v) is 5.42. The van der Waals surface area contributed by atoms with Crippen molar-refractivity contribution < 1.29 is 9.13 Å². The molecule has 0 aromatic heterocycles. The van der Waals surface area contributed by atoms with E-state index in [0.29, 0.717) is 12.3 Å². The molecule has 0 radical (unpaired) electrons. The Morgan fingerprint density at radius 2 is 1.89 bits per heavy atom. The molecule has 96 valence electrons. The van der Waals surface area contributed by atoms with Gasteiger partial charge in [0.15, 0.2) is 11.6 Å². The Morgan fingerprint density at radius 3 is 2.50 bits per heavy atom. The second-order valence-electron chi connectivity index (χ2n) is 3.82. The van der Waals surface area contributed by atoms with Crippen LogP contribution in [0.15, 0.2) is 42.5 Å². The molecule has 0 bridgehead atoms. The molecule has 0 aliphatic heterocycles. The highest BCUT2D eigenvalue weighted by Crippen LogP contribution is 2.25. The lowest BCUT2D eigenvalue weighted by molar-refractivity contribution is 0.442. The molecule has 0 amide bonds. The van der Waals surface area contributed by atoms with Crippen molar-refractivity contribution in [2.75, 3.05) is 0 Å². The van der Waals surface area contributed by atoms with Crippen molar-refractivity contribution in [3.05, 3.63) is 59.4 Å². The van der Waals surface area contributed by atoms with Crippen molar-refractivity contribution in [3.8, 4) is 11.5 Å². The normalized spacial score (nSPS) is 9.72. The highest BCUT2D eigenvalue weighted by Gasteiger charge is 2.04. The van der Waals surface area contributed by atoms with E-state index in [1.165, 1.54) is 6.07 Å². The third-order valence-electron chi connectivity index (χ3n) is 2.60. The number of aryl methyl sites for hydroxylation is 1. The fourth-order valence-corrected chi connectivity index (χ4v) is 1.62. The standard InChI is InChI=1S/C14H14FNO.ClH/c1-10-8-12(7-6-11(10)9-16)17-14-5-3-2-4-13(14)15;/h2-8H,9,16H2,1H3;1H. The van der Waals surface area contributed by atoms with Crippen molar-refractivity contribution in [2.45, 2.75) is 13.5 Å². The van der Waals surface area contributed by atoms with Crippen LogP contribution in [0.3, 0.4) is 0 Å². The van der Waals surface area contributed by atoms with Gasteiger partial charge in [-0.1, -0.05) is 18.2 Å². The zero-order valence-electron chi connectivity index (χ0n) is 10.0. The summed E-state index contributed by atoms with van der Waals surface area (Å²) in [4.78, 5) is 0. The van der Waals surface area contributed by atoms with Gasteiger partial charge in [0.05, 0.1) is 0 Å². The van der Waals surface area contributed by atoms with Crippen LogP contribution in [0.5, 0.6) is 11.5 Å². The molecule has 0 fully saturated rings. The highest BCUT2D eigenvalue weighted by molar-refractivity contribution is 5.85. The van der Waals surface area contributed by atoms with Gasteiger partial charge in [-0.3, -0.25) is 0 Å². The predicted octanol–water partition coefficient (Wildman–Crippen LogP) is 3.81. The molecule has 0 atom stereocenters. The molecule has 4 heteroatoms. The fraction of sp³-hybridized carbons (Fsp3) is 0.143. The van der Waals surface area contributed by atoms with Gasteiger partial charge in [0.1, 0.15) is 5.75 Å². The zero-order chi connectivity index (χ0) is 12.3. The minimum atomic E-state index is -0.368. The molecule has 0 saturated carbocycles. The number of halogens is 2. The number of ether oxygens (including phenoxy) is 1. The largest absolute Gasteiger partial charge is 0.454 e. The van der Waals surface area contributed by atoms with Crippen LogP contribution in [-0.2, 0) is 6.54 Å². The van der Waals surface area contributed by atoms with Crippen LogP contribution in [0.2, 0.25) is 0 Å². The summed E-state index contributed by atoms with van der Waals surface area (Å²) in [7, 11) is 0. The number of rotatable bonds is 3. The third-order valence-corrected chi connectivity index (χ3v) is 2.60. The van der Waals surface area contributed by atoms with Gasteiger partial charge in [0.2, 0.25) is 0 Å². The van der Waals surface area contributed by atoms with E-state index in [2.05, 4.69) is 0 Å². The van der Waals surface area contributed by atoms with E-state index in [0.717, 1.165) is 11.1 Å². The third kappa shape index (κ3) is 3.22. The summed E-state index contributed by atoms with van der Waals surface area (Å²) in [6.45, 7) is 2.45. The van der Waals surface area contributed by atoms with Gasteiger partial charge >= 0.3 is 0 Å². The van der Waals surface area contributed by atoms with Crippen molar-refractivity contribution in [2.24, 2.45) is 5.73 Å². The first-order valence-electron chi connectivity index (χ1n) is 5.42. The van der Waals surface area contributed by atoms with Gasteiger partial charge < -0.3 is 10.5 Å². The van der Waals surface area contributed by atoms with E-state index in [-0.39, 0.29) is 24.0 Å². The van der Waals surface area contributed by atoms with Crippen LogP contribution < -0.4 is 10.5 Å². The average molecular weight is 268 g/mol. The average Bonchev–Trinajstić information content (AvgIpc) is 2.32. The van der Waals surface area contributed by atoms with E-state index in [9.17, 15) is 4.39 Å². The first kappa shape index (κ1) is 14.5. The number of hydrogen-bond acceptors (Lipinski definition) is 2. The Hall–Kier alpha value is -1.58. The number of benzene rings is 2. The number of nitrogens with two attached hydrogens (primary N) is 1. The summed E-state index contributed by atoms with van der Waals surface area (Å²) in [6.07, 6.45) is 0. The van der Waals surface area contributed by atoms with Crippen LogP contribution in [-0.4, -0.2) is 0 Å². The molecule has 0 aliphatic rings. The Bertz CT molecular complexity index is 531. The molecular formula is C14H15ClFNO. The Balaban J connectivity index is 0.00000162. The molecular weight excluding hydrogens is 253 g/mol. The van der Waals surface area contributed by atoms with Crippen molar-refractivity contribution in [3.63, 3.8) is 0 Å². The Labute approximate surface area is 112 Å². The van der Waals surface area contributed by atoms with Crippen LogP contribution in [0.25, 0.3) is 0 Å². The maximum atomic E-state index is 13.4. The second kappa shape index (κ2) is 6.38. The first-order chi connectivity index (χ1) is 8.20. The van der Waals surface area contributed by atoms with Gasteiger partial charge in [-0.05, 0) is 42.3 Å². The summed E-state index contributed by atoms with van der Waals surface area (Å²) in [5.74, 6) is 0.477. The van der Waals surface area contributed by atoms with E-state index >= 15 is 0 Å². The molecule has 0 spiro atoms. The summed E-state index contributed by atoms with van der Waals surface area (Å²) in [6, 6.07) is 11.9. The van der Waals surface area contributed by atoms with E-state index in [1.54, 1.807) is 24.3 Å². The monoisotopic (exact) mass is 267 g/mol. The zero-order valence-corrected chi connectivity index (χ0v) is 10.8. The number of hydrogen-bond donors (Lipinski definition) is 1. The number of para-hydroxylation sites is 1. The van der Waals surface area contributed by atoms with Crippen molar-refractivity contribution in [1.29, 1.82) is 0 Å². The molecule has 0 unspecified atom stereocenters. The maximum absolute atomic E-state index is 13.4. The van der Waals surface area contributed by atoms with Gasteiger partial charge in [-0.25, -0.2) is 4.39 Å². The van der Waals surface area contributed by atoms with Crippen LogP contribution in [0, 0.1) is 12.7 Å². The van der Waals surface area contributed by atoms with Crippen molar-refractivity contribution >= 4 is 12.4 Å². The quantitative estimate of drug-likeness (QED) is 0.918. The fourth-order valence-electron chi connectivity index (χ4n) is 1.62. The lowest BCUT2D eigenvalue weighted by Gasteiger charge is -2.09. The minimum absolute atomic E-state index is 0. The van der Waals surface area contributed by atoms with Crippen LogP contribution in [0.1, 0.15) is 11.1 Å². The SMILES string of the molecule is Cc1cc(Oc2ccccc2F)ccc1CN.Cl. The molecule has 2 N–H and O–H groups in total. The minimum Gasteiger partial charge on any atom is -0.454 e. The van der Waals surface area contributed by atoms with Crippen molar-refractivity contribution in [1.82, 2.24) is 0 Å². The lowest BCUT2D eigenvalue weighted by atomic mass is 10.1. The van der Waals surface area contributed by atoms with Crippen LogP contribution >= 0.6 is 12.4 Å². The summed E-state index contributed by atoms with van der Waals surface area (Å²) in [5.41, 5.74) is 7.68. The van der Waals surface area contributed by atoms with Gasteiger partial charge in [-0.2, -0.15) is 0 Å². The molecule has 2 aromatic carbocycles. The van der Waals surface area contributed by atoms with E-state index in [4.69, 9.17) is 10.5 Å². The molecule has 0 heterocycles. The Morgan fingerprint density at radius 1 is 1.17 bits per heavy atom. The summed E-state index contributed by atoms with van der Waals surface area (Å²) in [5, 5.41) is 0. The molecule has 18 heavy (non-hydrogen) atoms. The van der Waals surface area contributed by atoms with Crippen LogP contribution in [0.4, 0.5) is 4.39 Å². The lowest BCUT2D eigenvalue weighted by Crippen LogP contribution is -1.99. The van der Waals surface area contributed by atoms with E-state index in [1.807, 2.05) is 19.1 Å². The van der Waals surface area contributed by atoms with Gasteiger partial charge in [0, 0.05) is 6.54 Å². The molecule has 2 rings (SSSR count). The Kier molecular flexibility index (Phi) is 5.13. The smallest absolute Gasteiger partial charge is 0.165 e. The molecule has 0 saturated heterocycles. The van der Waals surface area contributed by atoms with Gasteiger partial charge in [-0.15, -0.1) is 12.4 Å². The van der Waals surface area contributed by atoms with E-state index < -0.39 is 0 Å². The summed E-state index contributed by atoms with van der Waals surface area (Å²) < 4.78 is 18.8. The van der Waals surface area contributed by atoms with Gasteiger partial charge in [0.25, 0.3) is 0 Å². The molecule has 2 nitrogen and oxygen atoms in total. The topological polar surface area (TPSA) is 35.2 Å². The summed E-state index contributed by atoms with van der Waals surface area (Å²) >= 11 is 0.